The Bertz CT molecular complexity index is 815. The van der Waals surface area contributed by atoms with Gasteiger partial charge in [-0.25, -0.2) is 4.39 Å². The fourth-order valence-electron chi connectivity index (χ4n) is 2.68. The van der Waals surface area contributed by atoms with Gasteiger partial charge in [-0.2, -0.15) is 0 Å². The molecular formula is C21H25FN2O4. The summed E-state index contributed by atoms with van der Waals surface area (Å²) in [6, 6.07) is 9.63. The Morgan fingerprint density at radius 2 is 1.54 bits per heavy atom. The zero-order valence-electron chi connectivity index (χ0n) is 16.7. The molecule has 0 bridgehead atoms. The zero-order chi connectivity index (χ0) is 20.8. The minimum Gasteiger partial charge on any atom is -0.497 e. The first-order chi connectivity index (χ1) is 13.3. The molecule has 0 heterocycles. The van der Waals surface area contributed by atoms with Crippen molar-refractivity contribution in [3.63, 3.8) is 0 Å². The van der Waals surface area contributed by atoms with Gasteiger partial charge in [0.1, 0.15) is 23.4 Å². The summed E-state index contributed by atoms with van der Waals surface area (Å²) in [4.78, 5) is 27.1. The first kappa shape index (κ1) is 21.2. The Morgan fingerprint density at radius 1 is 1.00 bits per heavy atom. The van der Waals surface area contributed by atoms with Gasteiger partial charge >= 0.3 is 0 Å². The van der Waals surface area contributed by atoms with E-state index in [-0.39, 0.29) is 17.6 Å². The summed E-state index contributed by atoms with van der Waals surface area (Å²) in [6.07, 6.45) is 0. The molecule has 0 spiro atoms. The third kappa shape index (κ3) is 5.00. The fraction of sp³-hybridized carbons (Fsp3) is 0.333. The van der Waals surface area contributed by atoms with Gasteiger partial charge in [0.25, 0.3) is 5.91 Å². The number of amides is 2. The van der Waals surface area contributed by atoms with Crippen LogP contribution >= 0.6 is 0 Å². The summed E-state index contributed by atoms with van der Waals surface area (Å²) >= 11 is 0. The van der Waals surface area contributed by atoms with E-state index in [4.69, 9.17) is 9.47 Å². The van der Waals surface area contributed by atoms with E-state index in [9.17, 15) is 14.0 Å². The van der Waals surface area contributed by atoms with Crippen LogP contribution in [0.25, 0.3) is 0 Å². The number of nitrogens with one attached hydrogen (secondary N) is 1. The van der Waals surface area contributed by atoms with Crippen molar-refractivity contribution >= 4 is 17.5 Å². The Hall–Kier alpha value is -3.09. The normalized spacial score (nSPS) is 11.7. The second kappa shape index (κ2) is 9.21. The summed E-state index contributed by atoms with van der Waals surface area (Å²) in [6.45, 7) is 3.68. The van der Waals surface area contributed by atoms with E-state index in [2.05, 4.69) is 5.32 Å². The first-order valence-electron chi connectivity index (χ1n) is 8.84. The summed E-state index contributed by atoms with van der Waals surface area (Å²) in [5.41, 5.74) is 0.855. The number of nitrogens with zero attached hydrogens (tertiary/aromatic N) is 1. The highest BCUT2D eigenvalue weighted by Gasteiger charge is 2.28. The van der Waals surface area contributed by atoms with Crippen molar-refractivity contribution in [1.29, 1.82) is 0 Å². The van der Waals surface area contributed by atoms with Crippen LogP contribution in [0.3, 0.4) is 0 Å². The fourth-order valence-corrected chi connectivity index (χ4v) is 2.68. The number of anilines is 1. The van der Waals surface area contributed by atoms with E-state index in [1.54, 1.807) is 25.2 Å². The minimum atomic E-state index is -0.764. The van der Waals surface area contributed by atoms with Crippen molar-refractivity contribution in [3.05, 3.63) is 53.8 Å². The monoisotopic (exact) mass is 388 g/mol. The molecule has 0 saturated heterocycles. The third-order valence-electron chi connectivity index (χ3n) is 4.38. The smallest absolute Gasteiger partial charge is 0.252 e. The second-order valence-corrected chi connectivity index (χ2v) is 6.67. The Morgan fingerprint density at radius 3 is 2.00 bits per heavy atom. The van der Waals surface area contributed by atoms with Gasteiger partial charge < -0.3 is 19.7 Å². The number of carbonyl (C=O) groups is 2. The van der Waals surface area contributed by atoms with E-state index in [0.717, 1.165) is 0 Å². The van der Waals surface area contributed by atoms with Crippen LogP contribution in [-0.2, 0) is 4.79 Å². The van der Waals surface area contributed by atoms with E-state index in [1.165, 1.54) is 43.4 Å². The Balaban J connectivity index is 2.23. The summed E-state index contributed by atoms with van der Waals surface area (Å²) in [5, 5.41) is 2.78. The SMILES string of the molecule is COc1cc(OC)cc(C(=O)NC(C(=O)N(C)c2ccc(F)cc2)C(C)C)c1. The molecule has 1 N–H and O–H groups in total. The molecule has 2 aromatic rings. The van der Waals surface area contributed by atoms with E-state index >= 15 is 0 Å². The van der Waals surface area contributed by atoms with Crippen LogP contribution in [0.1, 0.15) is 24.2 Å². The predicted molar refractivity (Wildman–Crippen MR) is 105 cm³/mol. The third-order valence-corrected chi connectivity index (χ3v) is 4.38. The van der Waals surface area contributed by atoms with Crippen molar-refractivity contribution in [3.8, 4) is 11.5 Å². The van der Waals surface area contributed by atoms with Crippen LogP contribution in [0.2, 0.25) is 0 Å². The van der Waals surface area contributed by atoms with Crippen molar-refractivity contribution in [2.24, 2.45) is 5.92 Å². The lowest BCUT2D eigenvalue weighted by Gasteiger charge is -2.27. The van der Waals surface area contributed by atoms with Crippen LogP contribution in [0.15, 0.2) is 42.5 Å². The molecule has 2 amide bonds. The van der Waals surface area contributed by atoms with Gasteiger partial charge in [0.05, 0.1) is 14.2 Å². The zero-order valence-corrected chi connectivity index (χ0v) is 16.7. The van der Waals surface area contributed by atoms with Crippen molar-refractivity contribution in [2.75, 3.05) is 26.2 Å². The Labute approximate surface area is 164 Å². The molecule has 2 rings (SSSR count). The van der Waals surface area contributed by atoms with Gasteiger partial charge in [-0.15, -0.1) is 0 Å². The molecule has 1 atom stereocenters. The lowest BCUT2D eigenvalue weighted by atomic mass is 10.0. The number of ether oxygens (including phenoxy) is 2. The molecule has 0 saturated carbocycles. The van der Waals surface area contributed by atoms with Gasteiger partial charge in [-0.1, -0.05) is 13.8 Å². The van der Waals surface area contributed by atoms with E-state index < -0.39 is 11.9 Å². The summed E-state index contributed by atoms with van der Waals surface area (Å²) < 4.78 is 23.5. The van der Waals surface area contributed by atoms with Crippen LogP contribution in [0, 0.1) is 11.7 Å². The maximum atomic E-state index is 13.1. The molecule has 0 aliphatic rings. The van der Waals surface area contributed by atoms with Crippen LogP contribution in [0.4, 0.5) is 10.1 Å². The molecule has 2 aromatic carbocycles. The average molecular weight is 388 g/mol. The summed E-state index contributed by atoms with van der Waals surface area (Å²) in [7, 11) is 4.58. The molecule has 1 unspecified atom stereocenters. The summed E-state index contributed by atoms with van der Waals surface area (Å²) in [5.74, 6) is -0.320. The standard InChI is InChI=1S/C21H25FN2O4/c1-13(2)19(21(26)24(3)16-8-6-15(22)7-9-16)23-20(25)14-10-17(27-4)12-18(11-14)28-5/h6-13,19H,1-5H3,(H,23,25). The molecular weight excluding hydrogens is 363 g/mol. The maximum absolute atomic E-state index is 13.1. The topological polar surface area (TPSA) is 67.9 Å². The minimum absolute atomic E-state index is 0.160. The van der Waals surface area contributed by atoms with Crippen LogP contribution < -0.4 is 19.7 Å². The van der Waals surface area contributed by atoms with E-state index in [0.29, 0.717) is 22.7 Å². The number of hydrogen-bond donors (Lipinski definition) is 1. The number of carbonyl (C=O) groups excluding carboxylic acids is 2. The maximum Gasteiger partial charge on any atom is 0.252 e. The van der Waals surface area contributed by atoms with Crippen LogP contribution in [-0.4, -0.2) is 39.1 Å². The number of rotatable bonds is 7. The van der Waals surface area contributed by atoms with Crippen molar-refractivity contribution in [1.82, 2.24) is 5.32 Å². The average Bonchev–Trinajstić information content (AvgIpc) is 2.70. The molecule has 7 heteroatoms. The molecule has 150 valence electrons. The highest BCUT2D eigenvalue weighted by molar-refractivity contribution is 6.02. The second-order valence-electron chi connectivity index (χ2n) is 6.67. The number of hydrogen-bond acceptors (Lipinski definition) is 4. The van der Waals surface area contributed by atoms with Gasteiger partial charge in [0.2, 0.25) is 5.91 Å². The highest BCUT2D eigenvalue weighted by atomic mass is 19.1. The molecule has 0 fully saturated rings. The van der Waals surface area contributed by atoms with Gasteiger partial charge in [0, 0.05) is 24.4 Å². The van der Waals surface area contributed by atoms with Gasteiger partial charge in [-0.3, -0.25) is 9.59 Å². The molecule has 28 heavy (non-hydrogen) atoms. The number of methoxy groups -OCH3 is 2. The number of halogens is 1. The molecule has 0 aromatic heterocycles. The van der Waals surface area contributed by atoms with Crippen molar-refractivity contribution in [2.45, 2.75) is 19.9 Å². The number of benzene rings is 2. The predicted octanol–water partition coefficient (Wildman–Crippen LogP) is 3.26. The molecule has 0 aliphatic carbocycles. The number of likely N-dealkylation sites (N-methyl/N-ethyl adjacent to an activating group) is 1. The van der Waals surface area contributed by atoms with Crippen LogP contribution in [0.5, 0.6) is 11.5 Å². The lowest BCUT2D eigenvalue weighted by Crippen LogP contribution is -2.50. The van der Waals surface area contributed by atoms with Gasteiger partial charge in [0.15, 0.2) is 0 Å². The Kier molecular flexibility index (Phi) is 6.98. The van der Waals surface area contributed by atoms with Gasteiger partial charge in [-0.05, 0) is 42.3 Å². The highest BCUT2D eigenvalue weighted by Crippen LogP contribution is 2.23. The van der Waals surface area contributed by atoms with Crippen molar-refractivity contribution < 1.29 is 23.5 Å². The molecule has 0 aliphatic heterocycles. The molecule has 6 nitrogen and oxygen atoms in total. The lowest BCUT2D eigenvalue weighted by molar-refractivity contribution is -0.121. The molecule has 0 radical (unpaired) electrons. The quantitative estimate of drug-likeness (QED) is 0.791. The first-order valence-corrected chi connectivity index (χ1v) is 8.84. The van der Waals surface area contributed by atoms with E-state index in [1.807, 2.05) is 13.8 Å². The largest absolute Gasteiger partial charge is 0.497 e.